The van der Waals surface area contributed by atoms with E-state index in [9.17, 15) is 37.7 Å². The first-order valence-electron chi connectivity index (χ1n) is 11.3. The fourth-order valence-corrected chi connectivity index (χ4v) is 4.90. The fourth-order valence-electron chi connectivity index (χ4n) is 3.59. The highest BCUT2D eigenvalue weighted by Gasteiger charge is 2.36. The van der Waals surface area contributed by atoms with Crippen LogP contribution in [-0.4, -0.2) is 33.4 Å². The summed E-state index contributed by atoms with van der Waals surface area (Å²) in [6.07, 6.45) is -3.35. The molecule has 0 aliphatic carbocycles. The van der Waals surface area contributed by atoms with Gasteiger partial charge in [0, 0.05) is 11.8 Å². The number of hydrogen-bond acceptors (Lipinski definition) is 7. The maximum atomic E-state index is 13.0. The second kappa shape index (κ2) is 11.5. The van der Waals surface area contributed by atoms with Gasteiger partial charge in [0.15, 0.2) is 0 Å². The molecule has 206 valence electrons. The number of nitro groups is 1. The number of carbonyl (C=O) groups is 3. The van der Waals surface area contributed by atoms with Gasteiger partial charge in [-0.1, -0.05) is 18.2 Å². The standard InChI is InChI=1S/C26H17BrF3N3O6S/c1-14-3-2-4-17(9-14)31-23(34)13-32-24(35)22(40-25(32)36)11-15-5-7-20(18(27)10-15)39-21-8-6-16(26(28,29)30)12-19(21)33(37)38/h2-12H,13H2,1H3,(H,31,34)/b22-11+. The minimum Gasteiger partial charge on any atom is -0.449 e. The number of nitro benzene ring substituents is 1. The van der Waals surface area contributed by atoms with Crippen molar-refractivity contribution >= 4 is 62.2 Å². The van der Waals surface area contributed by atoms with Crippen LogP contribution in [0.2, 0.25) is 0 Å². The van der Waals surface area contributed by atoms with Crippen LogP contribution in [-0.2, 0) is 15.8 Å². The second-order valence-corrected chi connectivity index (χ2v) is 10.3. The number of aryl methyl sites for hydroxylation is 1. The molecule has 1 fully saturated rings. The number of nitrogens with zero attached hydrogens (tertiary/aromatic N) is 2. The molecule has 0 saturated carbocycles. The minimum absolute atomic E-state index is 0.0564. The molecule has 14 heteroatoms. The van der Waals surface area contributed by atoms with Gasteiger partial charge in [-0.05, 0) is 88.2 Å². The summed E-state index contributed by atoms with van der Waals surface area (Å²) < 4.78 is 44.6. The lowest BCUT2D eigenvalue weighted by molar-refractivity contribution is -0.385. The molecule has 3 aromatic carbocycles. The summed E-state index contributed by atoms with van der Waals surface area (Å²) >= 11 is 3.90. The highest BCUT2D eigenvalue weighted by Crippen LogP contribution is 2.40. The molecule has 40 heavy (non-hydrogen) atoms. The smallest absolute Gasteiger partial charge is 0.416 e. The summed E-state index contributed by atoms with van der Waals surface area (Å²) in [5.41, 5.74) is -0.169. The Balaban J connectivity index is 1.48. The van der Waals surface area contributed by atoms with Crippen LogP contribution in [0.25, 0.3) is 6.08 Å². The van der Waals surface area contributed by atoms with Crippen molar-refractivity contribution < 1.29 is 37.2 Å². The number of ether oxygens (including phenoxy) is 1. The van der Waals surface area contributed by atoms with Crippen molar-refractivity contribution in [3.63, 3.8) is 0 Å². The van der Waals surface area contributed by atoms with E-state index in [2.05, 4.69) is 21.2 Å². The SMILES string of the molecule is Cc1cccc(NC(=O)CN2C(=O)S/C(=C/c3ccc(Oc4ccc(C(F)(F)F)cc4[N+](=O)[O-])c(Br)c3)C2=O)c1. The average Bonchev–Trinajstić information content (AvgIpc) is 3.12. The van der Waals surface area contributed by atoms with Crippen molar-refractivity contribution in [3.8, 4) is 11.5 Å². The van der Waals surface area contributed by atoms with Crippen molar-refractivity contribution in [3.05, 3.63) is 96.8 Å². The molecule has 9 nitrogen and oxygen atoms in total. The number of hydrogen-bond donors (Lipinski definition) is 1. The number of rotatable bonds is 7. The van der Waals surface area contributed by atoms with E-state index in [1.807, 2.05) is 13.0 Å². The molecular formula is C26H17BrF3N3O6S. The minimum atomic E-state index is -4.77. The number of nitrogens with one attached hydrogen (secondary N) is 1. The fraction of sp³-hybridized carbons (Fsp3) is 0.115. The second-order valence-electron chi connectivity index (χ2n) is 8.41. The Morgan fingerprint density at radius 2 is 1.85 bits per heavy atom. The third kappa shape index (κ3) is 6.69. The quantitative estimate of drug-likeness (QED) is 0.166. The predicted molar refractivity (Wildman–Crippen MR) is 145 cm³/mol. The first-order valence-corrected chi connectivity index (χ1v) is 12.9. The van der Waals surface area contributed by atoms with Crippen LogP contribution in [0, 0.1) is 17.0 Å². The summed E-state index contributed by atoms with van der Waals surface area (Å²) in [7, 11) is 0. The highest BCUT2D eigenvalue weighted by molar-refractivity contribution is 9.10. The Morgan fingerprint density at radius 1 is 1.12 bits per heavy atom. The van der Waals surface area contributed by atoms with E-state index in [1.54, 1.807) is 18.2 Å². The number of imide groups is 1. The maximum Gasteiger partial charge on any atom is 0.416 e. The average molecular weight is 636 g/mol. The highest BCUT2D eigenvalue weighted by atomic mass is 79.9. The topological polar surface area (TPSA) is 119 Å². The van der Waals surface area contributed by atoms with Crippen LogP contribution >= 0.6 is 27.7 Å². The Labute approximate surface area is 237 Å². The van der Waals surface area contributed by atoms with Crippen LogP contribution < -0.4 is 10.1 Å². The van der Waals surface area contributed by atoms with E-state index >= 15 is 0 Å². The molecule has 3 amide bonds. The molecule has 0 spiro atoms. The molecule has 3 aromatic rings. The number of carbonyl (C=O) groups excluding carboxylic acids is 3. The van der Waals surface area contributed by atoms with Crippen molar-refractivity contribution in [2.75, 3.05) is 11.9 Å². The molecule has 0 bridgehead atoms. The van der Waals surface area contributed by atoms with Crippen LogP contribution in [0.5, 0.6) is 11.5 Å². The number of benzene rings is 3. The molecule has 0 unspecified atom stereocenters. The van der Waals surface area contributed by atoms with Gasteiger partial charge < -0.3 is 10.1 Å². The number of anilines is 1. The third-order valence-electron chi connectivity index (χ3n) is 5.43. The van der Waals surface area contributed by atoms with Crippen LogP contribution in [0.1, 0.15) is 16.7 Å². The first kappa shape index (κ1) is 28.8. The summed E-state index contributed by atoms with van der Waals surface area (Å²) in [4.78, 5) is 48.8. The van der Waals surface area contributed by atoms with E-state index in [-0.39, 0.29) is 15.1 Å². The monoisotopic (exact) mass is 635 g/mol. The molecule has 1 saturated heterocycles. The third-order valence-corrected chi connectivity index (χ3v) is 6.96. The largest absolute Gasteiger partial charge is 0.449 e. The van der Waals surface area contributed by atoms with Gasteiger partial charge in [-0.15, -0.1) is 0 Å². The van der Waals surface area contributed by atoms with Gasteiger partial charge in [0.2, 0.25) is 11.7 Å². The zero-order valence-corrected chi connectivity index (χ0v) is 22.7. The van der Waals surface area contributed by atoms with Crippen LogP contribution in [0.15, 0.2) is 70.0 Å². The molecule has 0 aromatic heterocycles. The molecule has 0 radical (unpaired) electrons. The lowest BCUT2D eigenvalue weighted by Crippen LogP contribution is -2.36. The van der Waals surface area contributed by atoms with E-state index in [0.717, 1.165) is 16.5 Å². The molecule has 0 atom stereocenters. The zero-order valence-electron chi connectivity index (χ0n) is 20.3. The molecule has 1 aliphatic heterocycles. The molecule has 1 heterocycles. The first-order chi connectivity index (χ1) is 18.8. The Hall–Kier alpha value is -4.17. The summed E-state index contributed by atoms with van der Waals surface area (Å²) in [6, 6.07) is 13.3. The summed E-state index contributed by atoms with van der Waals surface area (Å²) in [5.74, 6) is -1.56. The number of thioether (sulfide) groups is 1. The lowest BCUT2D eigenvalue weighted by Gasteiger charge is -2.12. The van der Waals surface area contributed by atoms with Gasteiger partial charge in [-0.25, -0.2) is 0 Å². The number of alkyl halides is 3. The molecular weight excluding hydrogens is 619 g/mol. The lowest BCUT2D eigenvalue weighted by atomic mass is 10.1. The van der Waals surface area contributed by atoms with Gasteiger partial charge in [0.25, 0.3) is 11.1 Å². The number of halogens is 4. The van der Waals surface area contributed by atoms with Gasteiger partial charge in [-0.3, -0.25) is 29.4 Å². The normalized spacial score (nSPS) is 14.5. The summed E-state index contributed by atoms with van der Waals surface area (Å²) in [5, 5.41) is 13.3. The zero-order chi connectivity index (χ0) is 29.2. The molecule has 1 N–H and O–H groups in total. The van der Waals surface area contributed by atoms with Gasteiger partial charge >= 0.3 is 11.9 Å². The van der Waals surface area contributed by atoms with Gasteiger partial charge in [0.1, 0.15) is 12.3 Å². The Kier molecular flexibility index (Phi) is 8.30. The van der Waals surface area contributed by atoms with Crippen molar-refractivity contribution in [2.45, 2.75) is 13.1 Å². The van der Waals surface area contributed by atoms with E-state index in [0.29, 0.717) is 35.1 Å². The number of amides is 3. The van der Waals surface area contributed by atoms with E-state index in [1.165, 1.54) is 24.3 Å². The maximum absolute atomic E-state index is 13.0. The van der Waals surface area contributed by atoms with Gasteiger partial charge in [0.05, 0.1) is 19.9 Å². The van der Waals surface area contributed by atoms with Crippen molar-refractivity contribution in [1.29, 1.82) is 0 Å². The summed E-state index contributed by atoms with van der Waals surface area (Å²) in [6.45, 7) is 1.38. The Bertz CT molecular complexity index is 1580. The molecule has 1 aliphatic rings. The van der Waals surface area contributed by atoms with E-state index in [4.69, 9.17) is 4.74 Å². The van der Waals surface area contributed by atoms with Crippen molar-refractivity contribution in [2.24, 2.45) is 0 Å². The van der Waals surface area contributed by atoms with Crippen LogP contribution in [0.3, 0.4) is 0 Å². The van der Waals surface area contributed by atoms with Gasteiger partial charge in [-0.2, -0.15) is 13.2 Å². The van der Waals surface area contributed by atoms with Crippen LogP contribution in [0.4, 0.5) is 29.3 Å². The Morgan fingerprint density at radius 3 is 2.50 bits per heavy atom. The van der Waals surface area contributed by atoms with Crippen molar-refractivity contribution in [1.82, 2.24) is 4.90 Å². The predicted octanol–water partition coefficient (Wildman–Crippen LogP) is 7.15. The molecule has 4 rings (SSSR count). The van der Waals surface area contributed by atoms with E-state index < -0.39 is 51.7 Å².